The van der Waals surface area contributed by atoms with E-state index in [-0.39, 0.29) is 16.7 Å². The van der Waals surface area contributed by atoms with Crippen LogP contribution in [0.1, 0.15) is 15.9 Å². The molecule has 3 aromatic rings. The molecule has 7 heteroatoms. The Morgan fingerprint density at radius 3 is 2.56 bits per heavy atom. The van der Waals surface area contributed by atoms with E-state index in [1.54, 1.807) is 30.3 Å². The van der Waals surface area contributed by atoms with Crippen molar-refractivity contribution in [3.8, 4) is 17.2 Å². The minimum atomic E-state index is -0.381. The summed E-state index contributed by atoms with van der Waals surface area (Å²) in [5.41, 5.74) is 3.47. The number of carbonyl (C=O) groups is 1. The van der Waals surface area contributed by atoms with Crippen LogP contribution < -0.4 is 10.2 Å². The Hall–Kier alpha value is -2.83. The number of carbonyl (C=O) groups excluding carboxylic acids is 1. The number of halogens is 2. The van der Waals surface area contributed by atoms with Gasteiger partial charge >= 0.3 is 0 Å². The molecular formula is C20H14BrClN2O3. The molecule has 0 fully saturated rings. The summed E-state index contributed by atoms with van der Waals surface area (Å²) in [5, 5.41) is 13.7. The normalized spacial score (nSPS) is 10.7. The second-order valence-electron chi connectivity index (χ2n) is 5.48. The number of hydrazone groups is 1. The molecule has 0 aromatic heterocycles. The average Bonchev–Trinajstić information content (AvgIpc) is 2.67. The second kappa shape index (κ2) is 8.70. The van der Waals surface area contributed by atoms with Crippen LogP contribution in [0.2, 0.25) is 5.02 Å². The third-order valence-corrected chi connectivity index (χ3v) is 4.39. The first kappa shape index (κ1) is 18.9. The minimum absolute atomic E-state index is 0.0481. The fourth-order valence-corrected chi connectivity index (χ4v) is 3.03. The Kier molecular flexibility index (Phi) is 6.11. The van der Waals surface area contributed by atoms with E-state index >= 15 is 0 Å². The molecule has 0 aliphatic heterocycles. The van der Waals surface area contributed by atoms with Crippen molar-refractivity contribution < 1.29 is 14.6 Å². The molecular weight excluding hydrogens is 432 g/mol. The first-order chi connectivity index (χ1) is 13.0. The third-order valence-electron chi connectivity index (χ3n) is 3.49. The number of ether oxygens (including phenoxy) is 1. The summed E-state index contributed by atoms with van der Waals surface area (Å²) in [5.74, 6) is 0.803. The monoisotopic (exact) mass is 444 g/mol. The van der Waals surface area contributed by atoms with E-state index in [0.29, 0.717) is 27.1 Å². The van der Waals surface area contributed by atoms with Crippen LogP contribution in [-0.4, -0.2) is 17.2 Å². The molecule has 1 amide bonds. The van der Waals surface area contributed by atoms with Crippen molar-refractivity contribution in [1.29, 1.82) is 0 Å². The number of amides is 1. The van der Waals surface area contributed by atoms with E-state index in [9.17, 15) is 9.90 Å². The van der Waals surface area contributed by atoms with Gasteiger partial charge in [-0.25, -0.2) is 5.43 Å². The highest BCUT2D eigenvalue weighted by Gasteiger charge is 2.07. The highest BCUT2D eigenvalue weighted by atomic mass is 79.9. The SMILES string of the molecule is O=C(N/N=C/c1cc(Cl)c(O)c(Br)c1)c1cccc(Oc2ccccc2)c1. The van der Waals surface area contributed by atoms with Gasteiger partial charge in [-0.05, 0) is 64.0 Å². The quantitative estimate of drug-likeness (QED) is 0.410. The number of nitrogens with zero attached hydrogens (tertiary/aromatic N) is 1. The zero-order valence-electron chi connectivity index (χ0n) is 13.9. The van der Waals surface area contributed by atoms with Crippen LogP contribution in [-0.2, 0) is 0 Å². The number of phenolic OH excluding ortho intramolecular Hbond substituents is 1. The Bertz CT molecular complexity index is 971. The van der Waals surface area contributed by atoms with Gasteiger partial charge < -0.3 is 9.84 Å². The van der Waals surface area contributed by atoms with Crippen molar-refractivity contribution in [2.75, 3.05) is 0 Å². The van der Waals surface area contributed by atoms with Gasteiger partial charge in [0.05, 0.1) is 15.7 Å². The molecule has 0 spiro atoms. The molecule has 5 nitrogen and oxygen atoms in total. The highest BCUT2D eigenvalue weighted by Crippen LogP contribution is 2.32. The van der Waals surface area contributed by atoms with Crippen LogP contribution in [0.4, 0.5) is 0 Å². The van der Waals surface area contributed by atoms with Crippen molar-refractivity contribution >= 4 is 39.7 Å². The predicted octanol–water partition coefficient (Wildman–Crippen LogP) is 5.36. The van der Waals surface area contributed by atoms with Gasteiger partial charge in [-0.15, -0.1) is 0 Å². The van der Waals surface area contributed by atoms with Crippen LogP contribution in [0.15, 0.2) is 76.3 Å². The van der Waals surface area contributed by atoms with Gasteiger partial charge in [0.15, 0.2) is 0 Å². The molecule has 0 aliphatic rings. The Balaban J connectivity index is 1.67. The number of nitrogens with one attached hydrogen (secondary N) is 1. The second-order valence-corrected chi connectivity index (χ2v) is 6.74. The molecule has 2 N–H and O–H groups in total. The maximum absolute atomic E-state index is 12.3. The van der Waals surface area contributed by atoms with Crippen molar-refractivity contribution in [2.45, 2.75) is 0 Å². The molecule has 0 radical (unpaired) electrons. The molecule has 3 aromatic carbocycles. The van der Waals surface area contributed by atoms with Crippen LogP contribution in [0.5, 0.6) is 17.2 Å². The van der Waals surface area contributed by atoms with Crippen molar-refractivity contribution in [3.63, 3.8) is 0 Å². The molecule has 0 heterocycles. The summed E-state index contributed by atoms with van der Waals surface area (Å²) >= 11 is 9.09. The number of benzene rings is 3. The number of phenols is 1. The topological polar surface area (TPSA) is 70.9 Å². The molecule has 0 aliphatic carbocycles. The summed E-state index contributed by atoms with van der Waals surface area (Å²) in [4.78, 5) is 12.3. The van der Waals surface area contributed by atoms with Crippen LogP contribution in [0, 0.1) is 0 Å². The van der Waals surface area contributed by atoms with E-state index in [0.717, 1.165) is 0 Å². The van der Waals surface area contributed by atoms with Gasteiger partial charge in [0.1, 0.15) is 17.2 Å². The first-order valence-electron chi connectivity index (χ1n) is 7.87. The van der Waals surface area contributed by atoms with Crippen molar-refractivity contribution in [3.05, 3.63) is 87.4 Å². The van der Waals surface area contributed by atoms with E-state index in [2.05, 4.69) is 26.5 Å². The summed E-state index contributed by atoms with van der Waals surface area (Å²) in [6.45, 7) is 0. The number of hydrogen-bond donors (Lipinski definition) is 2. The molecule has 0 saturated carbocycles. The lowest BCUT2D eigenvalue weighted by atomic mass is 10.2. The molecule has 136 valence electrons. The molecule has 27 heavy (non-hydrogen) atoms. The average molecular weight is 446 g/mol. The standard InChI is InChI=1S/C20H14BrClN2O3/c21-17-9-13(10-18(22)19(17)25)12-23-24-20(26)14-5-4-8-16(11-14)27-15-6-2-1-3-7-15/h1-12,25H,(H,24,26)/b23-12+. The van der Waals surface area contributed by atoms with Crippen LogP contribution in [0.25, 0.3) is 0 Å². The Morgan fingerprint density at radius 1 is 1.07 bits per heavy atom. The first-order valence-corrected chi connectivity index (χ1v) is 9.04. The zero-order valence-corrected chi connectivity index (χ0v) is 16.2. The fourth-order valence-electron chi connectivity index (χ4n) is 2.22. The van der Waals surface area contributed by atoms with E-state index in [4.69, 9.17) is 16.3 Å². The van der Waals surface area contributed by atoms with Crippen molar-refractivity contribution in [2.24, 2.45) is 5.10 Å². The Labute approximate surface area is 169 Å². The largest absolute Gasteiger partial charge is 0.505 e. The summed E-state index contributed by atoms with van der Waals surface area (Å²) in [7, 11) is 0. The van der Waals surface area contributed by atoms with Crippen LogP contribution >= 0.6 is 27.5 Å². The molecule has 0 unspecified atom stereocenters. The maximum Gasteiger partial charge on any atom is 0.271 e. The van der Waals surface area contributed by atoms with Crippen molar-refractivity contribution in [1.82, 2.24) is 5.43 Å². The number of aromatic hydroxyl groups is 1. The number of hydrogen-bond acceptors (Lipinski definition) is 4. The van der Waals surface area contributed by atoms with Gasteiger partial charge in [0, 0.05) is 5.56 Å². The lowest BCUT2D eigenvalue weighted by Gasteiger charge is -2.07. The minimum Gasteiger partial charge on any atom is -0.505 e. The molecule has 0 atom stereocenters. The Morgan fingerprint density at radius 2 is 1.81 bits per heavy atom. The zero-order chi connectivity index (χ0) is 19.2. The van der Waals surface area contributed by atoms with Gasteiger partial charge in [0.2, 0.25) is 0 Å². The van der Waals surface area contributed by atoms with Gasteiger partial charge in [-0.3, -0.25) is 4.79 Å². The lowest BCUT2D eigenvalue weighted by molar-refractivity contribution is 0.0955. The van der Waals surface area contributed by atoms with Crippen LogP contribution in [0.3, 0.4) is 0 Å². The summed E-state index contributed by atoms with van der Waals surface area (Å²) < 4.78 is 6.16. The summed E-state index contributed by atoms with van der Waals surface area (Å²) in [6.07, 6.45) is 1.43. The molecule has 0 saturated heterocycles. The fraction of sp³-hybridized carbons (Fsp3) is 0. The number of para-hydroxylation sites is 1. The van der Waals surface area contributed by atoms with E-state index < -0.39 is 0 Å². The molecule has 3 rings (SSSR count). The lowest BCUT2D eigenvalue weighted by Crippen LogP contribution is -2.17. The predicted molar refractivity (Wildman–Crippen MR) is 109 cm³/mol. The molecule has 0 bridgehead atoms. The number of rotatable bonds is 5. The van der Waals surface area contributed by atoms with Gasteiger partial charge in [-0.2, -0.15) is 5.10 Å². The van der Waals surface area contributed by atoms with E-state index in [1.807, 2.05) is 30.3 Å². The summed E-state index contributed by atoms with van der Waals surface area (Å²) in [6, 6.07) is 19.3. The highest BCUT2D eigenvalue weighted by molar-refractivity contribution is 9.10. The third kappa shape index (κ3) is 5.09. The van der Waals surface area contributed by atoms with E-state index in [1.165, 1.54) is 12.3 Å². The van der Waals surface area contributed by atoms with Gasteiger partial charge in [-0.1, -0.05) is 35.9 Å². The van der Waals surface area contributed by atoms with Gasteiger partial charge in [0.25, 0.3) is 5.91 Å². The maximum atomic E-state index is 12.3. The smallest absolute Gasteiger partial charge is 0.271 e.